The Morgan fingerprint density at radius 2 is 2.00 bits per heavy atom. The Hall–Kier alpha value is -1.37. The van der Waals surface area contributed by atoms with Crippen molar-refractivity contribution >= 4 is 5.97 Å². The van der Waals surface area contributed by atoms with Gasteiger partial charge in [-0.05, 0) is 38.6 Å². The summed E-state index contributed by atoms with van der Waals surface area (Å²) in [6.45, 7) is 1.45. The third kappa shape index (κ3) is 6.39. The maximum Gasteiger partial charge on any atom is 0.323 e. The summed E-state index contributed by atoms with van der Waals surface area (Å²) in [4.78, 5) is 25.5. The van der Waals surface area contributed by atoms with Crippen LogP contribution in [0.1, 0.15) is 38.5 Å². The number of hydrogen-bond acceptors (Lipinski definition) is 6. The molecule has 7 nitrogen and oxygen atoms in total. The van der Waals surface area contributed by atoms with Crippen molar-refractivity contribution in [1.29, 1.82) is 0 Å². The van der Waals surface area contributed by atoms with Crippen molar-refractivity contribution in [2.45, 2.75) is 44.6 Å². The molecule has 7 heteroatoms. The fourth-order valence-corrected chi connectivity index (χ4v) is 1.86. The lowest BCUT2D eigenvalue weighted by atomic mass is 10.2. The molecule has 104 valence electrons. The molecule has 18 heavy (non-hydrogen) atoms. The smallest absolute Gasteiger partial charge is 0.323 e. The second-order valence-corrected chi connectivity index (χ2v) is 4.29. The van der Waals surface area contributed by atoms with Gasteiger partial charge in [0.05, 0.1) is 13.2 Å². The van der Waals surface area contributed by atoms with Crippen molar-refractivity contribution in [3.05, 3.63) is 10.1 Å². The molecule has 1 fully saturated rings. The maximum absolute atomic E-state index is 11.5. The van der Waals surface area contributed by atoms with Gasteiger partial charge in [0, 0.05) is 0 Å². The zero-order valence-corrected chi connectivity index (χ0v) is 10.4. The molecule has 0 amide bonds. The van der Waals surface area contributed by atoms with Crippen LogP contribution in [0.15, 0.2) is 0 Å². The van der Waals surface area contributed by atoms with Crippen LogP contribution in [0, 0.1) is 10.1 Å². The summed E-state index contributed by atoms with van der Waals surface area (Å²) < 4.78 is 5.13. The second-order valence-electron chi connectivity index (χ2n) is 4.29. The molecule has 0 aromatic rings. The van der Waals surface area contributed by atoms with Gasteiger partial charge in [0.25, 0.3) is 5.09 Å². The third-order valence-corrected chi connectivity index (χ3v) is 2.82. The topological polar surface area (TPSA) is 90.7 Å². The fraction of sp³-hybridized carbons (Fsp3) is 0.909. The van der Waals surface area contributed by atoms with E-state index in [4.69, 9.17) is 4.74 Å². The van der Waals surface area contributed by atoms with E-state index in [0.717, 1.165) is 38.6 Å². The number of esters is 1. The molecule has 0 aromatic carbocycles. The highest BCUT2D eigenvalue weighted by atomic mass is 16.9. The van der Waals surface area contributed by atoms with Gasteiger partial charge in [0.2, 0.25) is 0 Å². The number of carbonyl (C=O) groups is 1. The average molecular weight is 260 g/mol. The van der Waals surface area contributed by atoms with Crippen molar-refractivity contribution in [2.24, 2.45) is 0 Å². The molecular weight excluding hydrogens is 240 g/mol. The van der Waals surface area contributed by atoms with Gasteiger partial charge in [-0.3, -0.25) is 4.79 Å². The first-order chi connectivity index (χ1) is 8.70. The van der Waals surface area contributed by atoms with Crippen molar-refractivity contribution in [3.63, 3.8) is 0 Å². The quantitative estimate of drug-likeness (QED) is 0.288. The van der Waals surface area contributed by atoms with E-state index >= 15 is 0 Å². The highest BCUT2D eigenvalue weighted by Gasteiger charge is 2.22. The summed E-state index contributed by atoms with van der Waals surface area (Å²) in [7, 11) is 0. The van der Waals surface area contributed by atoms with Crippen LogP contribution in [0.3, 0.4) is 0 Å². The van der Waals surface area contributed by atoms with Crippen molar-refractivity contribution in [1.82, 2.24) is 5.32 Å². The largest absolute Gasteiger partial charge is 0.465 e. The molecule has 0 aromatic heterocycles. The van der Waals surface area contributed by atoms with E-state index in [2.05, 4.69) is 10.2 Å². The molecule has 1 rings (SSSR count). The highest BCUT2D eigenvalue weighted by molar-refractivity contribution is 5.76. The Bertz CT molecular complexity index is 266. The number of nitrogens with zero attached hydrogens (tertiary/aromatic N) is 1. The molecule has 1 heterocycles. The monoisotopic (exact) mass is 260 g/mol. The zero-order valence-electron chi connectivity index (χ0n) is 10.4. The van der Waals surface area contributed by atoms with Gasteiger partial charge in [0.15, 0.2) is 0 Å². The zero-order chi connectivity index (χ0) is 13.2. The normalized spacial score (nSPS) is 18.6. The minimum atomic E-state index is -0.781. The Balaban J connectivity index is 1.86. The van der Waals surface area contributed by atoms with Crippen LogP contribution in [0.4, 0.5) is 0 Å². The number of nitrogens with one attached hydrogen (secondary N) is 1. The van der Waals surface area contributed by atoms with E-state index in [1.807, 2.05) is 0 Å². The average Bonchev–Trinajstić information content (AvgIpc) is 2.85. The molecule has 1 aliphatic heterocycles. The van der Waals surface area contributed by atoms with Gasteiger partial charge >= 0.3 is 5.97 Å². The first-order valence-corrected chi connectivity index (χ1v) is 6.37. The molecule has 0 bridgehead atoms. The van der Waals surface area contributed by atoms with Crippen molar-refractivity contribution in [3.8, 4) is 0 Å². The van der Waals surface area contributed by atoms with Crippen molar-refractivity contribution in [2.75, 3.05) is 19.8 Å². The number of ether oxygens (including phenoxy) is 1. The highest BCUT2D eigenvalue weighted by Crippen LogP contribution is 2.07. The van der Waals surface area contributed by atoms with Gasteiger partial charge in [-0.2, -0.15) is 0 Å². The Labute approximate surface area is 106 Å². The first-order valence-electron chi connectivity index (χ1n) is 6.37. The molecule has 1 saturated heterocycles. The minimum absolute atomic E-state index is 0.126. The molecule has 0 spiro atoms. The van der Waals surface area contributed by atoms with Crippen LogP contribution >= 0.6 is 0 Å². The number of rotatable bonds is 9. The number of carbonyl (C=O) groups excluding carboxylic acids is 1. The predicted octanol–water partition coefficient (Wildman–Crippen LogP) is 1.05. The van der Waals surface area contributed by atoms with Crippen LogP contribution in [0.2, 0.25) is 0 Å². The molecule has 1 unspecified atom stereocenters. The molecule has 0 aliphatic carbocycles. The van der Waals surface area contributed by atoms with Gasteiger partial charge in [0.1, 0.15) is 6.04 Å². The van der Waals surface area contributed by atoms with E-state index in [9.17, 15) is 14.9 Å². The van der Waals surface area contributed by atoms with E-state index in [1.165, 1.54) is 0 Å². The minimum Gasteiger partial charge on any atom is -0.465 e. The van der Waals surface area contributed by atoms with Gasteiger partial charge in [-0.1, -0.05) is 6.42 Å². The second kappa shape index (κ2) is 8.68. The van der Waals surface area contributed by atoms with Crippen LogP contribution in [0.25, 0.3) is 0 Å². The third-order valence-electron chi connectivity index (χ3n) is 2.82. The van der Waals surface area contributed by atoms with Gasteiger partial charge in [-0.25, -0.2) is 0 Å². The molecular formula is C11H20N2O5. The summed E-state index contributed by atoms with van der Waals surface area (Å²) in [5.41, 5.74) is 0. The lowest BCUT2D eigenvalue weighted by Gasteiger charge is -2.09. The molecule has 0 radical (unpaired) electrons. The Morgan fingerprint density at radius 1 is 1.28 bits per heavy atom. The first kappa shape index (κ1) is 14.7. The number of unbranched alkanes of at least 4 members (excludes halogenated alkanes) is 3. The molecule has 1 aliphatic rings. The maximum atomic E-state index is 11.5. The molecule has 1 N–H and O–H groups in total. The Morgan fingerprint density at radius 3 is 2.61 bits per heavy atom. The van der Waals surface area contributed by atoms with E-state index in [0.29, 0.717) is 13.0 Å². The van der Waals surface area contributed by atoms with E-state index in [-0.39, 0.29) is 18.6 Å². The standard InChI is InChI=1S/C11H20N2O5/c14-11(10-6-5-7-12-10)17-8-3-1-2-4-9-18-13(15)16/h10,12H,1-9H2. The summed E-state index contributed by atoms with van der Waals surface area (Å²) in [5, 5.41) is 12.2. The van der Waals surface area contributed by atoms with Crippen molar-refractivity contribution < 1.29 is 19.5 Å². The van der Waals surface area contributed by atoms with Gasteiger partial charge in [-0.15, -0.1) is 10.1 Å². The fourth-order valence-electron chi connectivity index (χ4n) is 1.86. The van der Waals surface area contributed by atoms with E-state index in [1.54, 1.807) is 0 Å². The molecule has 0 saturated carbocycles. The summed E-state index contributed by atoms with van der Waals surface area (Å²) in [6, 6.07) is -0.126. The van der Waals surface area contributed by atoms with Gasteiger partial charge < -0.3 is 14.9 Å². The summed E-state index contributed by atoms with van der Waals surface area (Å²) >= 11 is 0. The molecule has 1 atom stereocenters. The van der Waals surface area contributed by atoms with Crippen LogP contribution in [-0.4, -0.2) is 36.9 Å². The lowest BCUT2D eigenvalue weighted by Crippen LogP contribution is -2.32. The predicted molar refractivity (Wildman–Crippen MR) is 63.4 cm³/mol. The number of hydrogen-bond donors (Lipinski definition) is 1. The summed E-state index contributed by atoms with van der Waals surface area (Å²) in [5.74, 6) is -0.163. The SMILES string of the molecule is O=C(OCCCCCCO[N+](=O)[O-])C1CCCN1. The van der Waals surface area contributed by atoms with Crippen LogP contribution in [0.5, 0.6) is 0 Å². The lowest BCUT2D eigenvalue weighted by molar-refractivity contribution is -0.757. The van der Waals surface area contributed by atoms with Crippen LogP contribution < -0.4 is 5.32 Å². The summed E-state index contributed by atoms with van der Waals surface area (Å²) in [6.07, 6.45) is 5.04. The Kier molecular flexibility index (Phi) is 7.09. The van der Waals surface area contributed by atoms with E-state index < -0.39 is 5.09 Å². The van der Waals surface area contributed by atoms with Crippen LogP contribution in [-0.2, 0) is 14.4 Å².